The Balaban J connectivity index is 2.12. The van der Waals surface area contributed by atoms with Crippen LogP contribution in [0.25, 0.3) is 0 Å². The molecule has 2 atom stereocenters. The average molecular weight is 257 g/mol. The number of ether oxygens (including phenoxy) is 1. The third kappa shape index (κ3) is 1.65. The first-order valence-corrected chi connectivity index (χ1v) is 5.95. The summed E-state index contributed by atoms with van der Waals surface area (Å²) in [6, 6.07) is 4.42. The smallest absolute Gasteiger partial charge is 0.369 e. The molecule has 1 aromatic carbocycles. The van der Waals surface area contributed by atoms with Crippen molar-refractivity contribution in [1.29, 1.82) is 0 Å². The number of alkyl halides is 3. The van der Waals surface area contributed by atoms with E-state index >= 15 is 0 Å². The number of hydrogen-bond acceptors (Lipinski definition) is 2. The quantitative estimate of drug-likeness (QED) is 0.771. The number of rotatable bonds is 0. The van der Waals surface area contributed by atoms with Gasteiger partial charge >= 0.3 is 6.18 Å². The van der Waals surface area contributed by atoms with Crippen molar-refractivity contribution in [3.8, 4) is 0 Å². The summed E-state index contributed by atoms with van der Waals surface area (Å²) in [6.07, 6.45) is -4.31. The molecule has 18 heavy (non-hydrogen) atoms. The highest BCUT2D eigenvalue weighted by molar-refractivity contribution is 5.42. The summed E-state index contributed by atoms with van der Waals surface area (Å²) in [6.45, 7) is 3.36. The largest absolute Gasteiger partial charge is 0.416 e. The van der Waals surface area contributed by atoms with Gasteiger partial charge in [-0.1, -0.05) is 12.1 Å². The molecule has 0 bridgehead atoms. The van der Waals surface area contributed by atoms with E-state index in [1.165, 1.54) is 6.07 Å². The Bertz CT molecular complexity index is 486. The Hall–Kier alpha value is -1.07. The van der Waals surface area contributed by atoms with Crippen LogP contribution in [-0.2, 0) is 17.5 Å². The van der Waals surface area contributed by atoms with Crippen molar-refractivity contribution >= 4 is 0 Å². The van der Waals surface area contributed by atoms with E-state index in [0.29, 0.717) is 18.7 Å². The van der Waals surface area contributed by atoms with E-state index in [-0.39, 0.29) is 18.1 Å². The zero-order chi connectivity index (χ0) is 13.0. The maximum atomic E-state index is 12.9. The van der Waals surface area contributed by atoms with E-state index in [1.807, 2.05) is 6.92 Å². The monoisotopic (exact) mass is 257 g/mol. The number of benzene rings is 1. The zero-order valence-electron chi connectivity index (χ0n) is 9.97. The molecule has 1 N–H and O–H groups in total. The van der Waals surface area contributed by atoms with Crippen molar-refractivity contribution < 1.29 is 17.9 Å². The highest BCUT2D eigenvalue weighted by Gasteiger charge is 2.46. The minimum atomic E-state index is -4.31. The van der Waals surface area contributed by atoms with E-state index in [4.69, 9.17) is 4.74 Å². The van der Waals surface area contributed by atoms with Crippen molar-refractivity contribution in [1.82, 2.24) is 5.32 Å². The normalized spacial score (nSPS) is 31.0. The van der Waals surface area contributed by atoms with E-state index in [9.17, 15) is 13.2 Å². The molecular weight excluding hydrogens is 243 g/mol. The van der Waals surface area contributed by atoms with Gasteiger partial charge < -0.3 is 10.1 Å². The highest BCUT2D eigenvalue weighted by Crippen LogP contribution is 2.44. The second-order valence-electron chi connectivity index (χ2n) is 5.16. The first kappa shape index (κ1) is 12.0. The molecule has 2 heterocycles. The summed E-state index contributed by atoms with van der Waals surface area (Å²) in [5, 5.41) is 3.20. The van der Waals surface area contributed by atoms with Crippen LogP contribution in [0.1, 0.15) is 29.5 Å². The number of halogens is 3. The predicted molar refractivity (Wildman–Crippen MR) is 60.2 cm³/mol. The van der Waals surface area contributed by atoms with Crippen molar-refractivity contribution in [2.24, 2.45) is 0 Å². The van der Waals surface area contributed by atoms with Gasteiger partial charge in [0.05, 0.1) is 17.8 Å². The molecule has 2 nitrogen and oxygen atoms in total. The van der Waals surface area contributed by atoms with E-state index in [2.05, 4.69) is 5.32 Å². The van der Waals surface area contributed by atoms with E-state index < -0.39 is 11.7 Å². The minimum Gasteiger partial charge on any atom is -0.369 e. The fourth-order valence-electron chi connectivity index (χ4n) is 2.99. The molecule has 2 aliphatic heterocycles. The fraction of sp³-hybridized carbons (Fsp3) is 0.538. The van der Waals surface area contributed by atoms with Gasteiger partial charge in [0.25, 0.3) is 0 Å². The first-order chi connectivity index (χ1) is 8.42. The lowest BCUT2D eigenvalue weighted by molar-refractivity contribution is -0.140. The molecule has 0 spiro atoms. The van der Waals surface area contributed by atoms with Gasteiger partial charge in [-0.3, -0.25) is 0 Å². The predicted octanol–water partition coefficient (Wildman–Crippen LogP) is 2.68. The Morgan fingerprint density at radius 2 is 2.17 bits per heavy atom. The van der Waals surface area contributed by atoms with Crippen LogP contribution in [0.2, 0.25) is 0 Å². The molecule has 5 heteroatoms. The lowest BCUT2D eigenvalue weighted by Crippen LogP contribution is -2.40. The van der Waals surface area contributed by atoms with E-state index in [1.54, 1.807) is 6.07 Å². The van der Waals surface area contributed by atoms with Gasteiger partial charge in [0.2, 0.25) is 0 Å². The lowest BCUT2D eigenvalue weighted by atomic mass is 9.80. The van der Waals surface area contributed by atoms with Crippen LogP contribution in [-0.4, -0.2) is 18.7 Å². The molecule has 1 fully saturated rings. The topological polar surface area (TPSA) is 21.3 Å². The number of hydrogen-bond donors (Lipinski definition) is 1. The van der Waals surface area contributed by atoms with Crippen LogP contribution in [0.4, 0.5) is 13.2 Å². The second kappa shape index (κ2) is 3.71. The van der Waals surface area contributed by atoms with Crippen molar-refractivity contribution in [3.05, 3.63) is 34.9 Å². The maximum absolute atomic E-state index is 12.9. The van der Waals surface area contributed by atoms with Crippen LogP contribution in [0.3, 0.4) is 0 Å². The molecule has 0 saturated carbocycles. The summed E-state index contributed by atoms with van der Waals surface area (Å²) in [5.41, 5.74) is 0.144. The molecule has 1 unspecified atom stereocenters. The average Bonchev–Trinajstić information content (AvgIpc) is 2.69. The fourth-order valence-corrected chi connectivity index (χ4v) is 2.99. The molecule has 2 aliphatic rings. The van der Waals surface area contributed by atoms with Gasteiger partial charge in [0.15, 0.2) is 0 Å². The lowest BCUT2D eigenvalue weighted by Gasteiger charge is -2.38. The molecule has 98 valence electrons. The summed E-state index contributed by atoms with van der Waals surface area (Å²) in [4.78, 5) is 0. The zero-order valence-corrected chi connectivity index (χ0v) is 9.97. The van der Waals surface area contributed by atoms with Gasteiger partial charge in [-0.2, -0.15) is 13.2 Å². The minimum absolute atomic E-state index is 0.00329. The van der Waals surface area contributed by atoms with Crippen molar-refractivity contribution in [2.75, 3.05) is 13.1 Å². The summed E-state index contributed by atoms with van der Waals surface area (Å²) < 4.78 is 44.5. The third-order valence-electron chi connectivity index (χ3n) is 4.00. The molecule has 3 rings (SSSR count). The Kier molecular flexibility index (Phi) is 2.47. The van der Waals surface area contributed by atoms with Gasteiger partial charge in [0.1, 0.15) is 0 Å². The van der Waals surface area contributed by atoms with Gasteiger partial charge in [-0.25, -0.2) is 0 Å². The van der Waals surface area contributed by atoms with Gasteiger partial charge in [-0.05, 0) is 24.1 Å². The molecular formula is C13H14F3NO. The van der Waals surface area contributed by atoms with Gasteiger partial charge in [-0.15, -0.1) is 0 Å². The molecule has 1 aromatic rings. The molecule has 0 radical (unpaired) electrons. The van der Waals surface area contributed by atoms with Crippen LogP contribution < -0.4 is 5.32 Å². The van der Waals surface area contributed by atoms with Crippen LogP contribution >= 0.6 is 0 Å². The molecule has 1 saturated heterocycles. The van der Waals surface area contributed by atoms with E-state index in [0.717, 1.165) is 11.6 Å². The second-order valence-corrected chi connectivity index (χ2v) is 5.16. The SMILES string of the molecule is C[C@]12CNCC1c1cccc(C(F)(F)F)c1CO2. The summed E-state index contributed by atoms with van der Waals surface area (Å²) in [5.74, 6) is 0.00329. The summed E-state index contributed by atoms with van der Waals surface area (Å²) in [7, 11) is 0. The van der Waals surface area contributed by atoms with Crippen molar-refractivity contribution in [2.45, 2.75) is 31.2 Å². The maximum Gasteiger partial charge on any atom is 0.416 e. The standard InChI is InChI=1S/C13H14F3NO/c1-12-7-17-5-11(12)8-3-2-4-10(13(14,15)16)9(8)6-18-12/h2-4,11,17H,5-7H2,1H3/t11?,12-/m0/s1. The number of fused-ring (bicyclic) bond motifs is 3. The van der Waals surface area contributed by atoms with Crippen LogP contribution in [0.15, 0.2) is 18.2 Å². The van der Waals surface area contributed by atoms with Gasteiger partial charge in [0, 0.05) is 19.0 Å². The first-order valence-electron chi connectivity index (χ1n) is 5.95. The Morgan fingerprint density at radius 1 is 1.39 bits per heavy atom. The third-order valence-corrected chi connectivity index (χ3v) is 4.00. The summed E-state index contributed by atoms with van der Waals surface area (Å²) >= 11 is 0. The Morgan fingerprint density at radius 3 is 2.89 bits per heavy atom. The molecule has 0 aromatic heterocycles. The van der Waals surface area contributed by atoms with Crippen LogP contribution in [0.5, 0.6) is 0 Å². The molecule has 0 aliphatic carbocycles. The highest BCUT2D eigenvalue weighted by atomic mass is 19.4. The Labute approximate surface area is 103 Å². The van der Waals surface area contributed by atoms with Crippen LogP contribution in [0, 0.1) is 0 Å². The van der Waals surface area contributed by atoms with Crippen molar-refractivity contribution in [3.63, 3.8) is 0 Å². The molecule has 0 amide bonds. The number of nitrogens with one attached hydrogen (secondary N) is 1.